The third-order valence-electron chi connectivity index (χ3n) is 5.96. The predicted molar refractivity (Wildman–Crippen MR) is 122 cm³/mol. The molecule has 5 rings (SSSR count). The number of imidazole rings is 1. The summed E-state index contributed by atoms with van der Waals surface area (Å²) in [7, 11) is 0. The average molecular weight is 449 g/mol. The van der Waals surface area contributed by atoms with E-state index in [1.165, 1.54) is 6.33 Å². The molecule has 1 aromatic carbocycles. The molecule has 1 fully saturated rings. The number of nitrogens with zero attached hydrogens (tertiary/aromatic N) is 5. The molecule has 32 heavy (non-hydrogen) atoms. The van der Waals surface area contributed by atoms with Gasteiger partial charge in [-0.2, -0.15) is 0 Å². The largest absolute Gasteiger partial charge is 0.356 e. The van der Waals surface area contributed by atoms with Crippen LogP contribution in [0, 0.1) is 6.92 Å². The Kier molecular flexibility index (Phi) is 5.22. The van der Waals surface area contributed by atoms with Crippen molar-refractivity contribution in [2.75, 3.05) is 18.0 Å². The molecule has 8 nitrogen and oxygen atoms in total. The van der Waals surface area contributed by atoms with Crippen LogP contribution < -0.4 is 10.6 Å². The van der Waals surface area contributed by atoms with Crippen LogP contribution in [-0.4, -0.2) is 43.4 Å². The Hall–Kier alpha value is -3.52. The molecule has 1 aliphatic rings. The molecule has 1 N–H and O–H groups in total. The van der Waals surface area contributed by atoms with E-state index in [9.17, 15) is 9.59 Å². The summed E-state index contributed by atoms with van der Waals surface area (Å²) in [6.45, 7) is 3.32. The van der Waals surface area contributed by atoms with Crippen LogP contribution in [0.3, 0.4) is 0 Å². The summed E-state index contributed by atoms with van der Waals surface area (Å²) >= 11 is 6.18. The van der Waals surface area contributed by atoms with Crippen molar-refractivity contribution in [3.8, 4) is 0 Å². The van der Waals surface area contributed by atoms with Gasteiger partial charge in [-0.25, -0.2) is 19.7 Å². The number of rotatable bonds is 4. The van der Waals surface area contributed by atoms with Crippen LogP contribution in [0.2, 0.25) is 5.02 Å². The minimum Gasteiger partial charge on any atom is -0.356 e. The summed E-state index contributed by atoms with van der Waals surface area (Å²) in [5, 5.41) is 0.551. The maximum Gasteiger partial charge on any atom is 0.327 e. The van der Waals surface area contributed by atoms with Gasteiger partial charge in [0, 0.05) is 42.0 Å². The zero-order valence-electron chi connectivity index (χ0n) is 17.5. The molecule has 162 valence electrons. The SMILES string of the molecule is Cc1ccc(C(=O)c2cc(N3CCC(n4c(=O)[nH]c5ncccc54)CC3)ncn2)cc1Cl. The van der Waals surface area contributed by atoms with Gasteiger partial charge in [0.2, 0.25) is 5.78 Å². The van der Waals surface area contributed by atoms with Gasteiger partial charge < -0.3 is 4.90 Å². The molecule has 0 spiro atoms. The molecule has 4 aromatic rings. The Bertz CT molecular complexity index is 1370. The Morgan fingerprint density at radius 3 is 2.72 bits per heavy atom. The van der Waals surface area contributed by atoms with Gasteiger partial charge in [0.15, 0.2) is 5.65 Å². The van der Waals surface area contributed by atoms with Gasteiger partial charge >= 0.3 is 5.69 Å². The maximum atomic E-state index is 12.9. The van der Waals surface area contributed by atoms with Crippen LogP contribution in [0.25, 0.3) is 11.2 Å². The molecular formula is C23H21ClN6O2. The summed E-state index contributed by atoms with van der Waals surface area (Å²) in [6, 6.07) is 10.8. The van der Waals surface area contributed by atoms with Crippen molar-refractivity contribution < 1.29 is 4.79 Å². The van der Waals surface area contributed by atoms with Crippen molar-refractivity contribution in [1.29, 1.82) is 0 Å². The number of hydrogen-bond acceptors (Lipinski definition) is 6. The van der Waals surface area contributed by atoms with Gasteiger partial charge in [0.05, 0.1) is 5.52 Å². The van der Waals surface area contributed by atoms with E-state index in [4.69, 9.17) is 11.6 Å². The van der Waals surface area contributed by atoms with E-state index in [1.807, 2.05) is 25.1 Å². The van der Waals surface area contributed by atoms with Crippen molar-refractivity contribution >= 4 is 34.4 Å². The molecule has 0 radical (unpaired) electrons. The number of ketones is 1. The van der Waals surface area contributed by atoms with E-state index in [0.29, 0.717) is 40.8 Å². The second kappa shape index (κ2) is 8.20. The number of carbonyl (C=O) groups is 1. The Morgan fingerprint density at radius 1 is 1.12 bits per heavy atom. The summed E-state index contributed by atoms with van der Waals surface area (Å²) < 4.78 is 1.80. The number of hydrogen-bond donors (Lipinski definition) is 1. The van der Waals surface area contributed by atoms with Crippen LogP contribution >= 0.6 is 11.6 Å². The molecule has 0 saturated carbocycles. The molecule has 4 heterocycles. The first-order chi connectivity index (χ1) is 15.5. The van der Waals surface area contributed by atoms with Crippen molar-refractivity contribution in [3.05, 3.63) is 81.3 Å². The second-order valence-electron chi connectivity index (χ2n) is 7.94. The average Bonchev–Trinajstić information content (AvgIpc) is 3.16. The first kappa shape index (κ1) is 20.4. The fraction of sp³-hybridized carbons (Fsp3) is 0.261. The van der Waals surface area contributed by atoms with Crippen LogP contribution in [0.15, 0.2) is 53.7 Å². The number of piperidine rings is 1. The monoisotopic (exact) mass is 448 g/mol. The minimum atomic E-state index is -0.191. The number of aromatic amines is 1. The van der Waals surface area contributed by atoms with E-state index in [2.05, 4.69) is 24.8 Å². The second-order valence-corrected chi connectivity index (χ2v) is 8.35. The highest BCUT2D eigenvalue weighted by atomic mass is 35.5. The van der Waals surface area contributed by atoms with E-state index in [1.54, 1.807) is 29.0 Å². The highest BCUT2D eigenvalue weighted by molar-refractivity contribution is 6.31. The van der Waals surface area contributed by atoms with Crippen molar-refractivity contribution in [1.82, 2.24) is 24.5 Å². The smallest absolute Gasteiger partial charge is 0.327 e. The molecule has 0 aliphatic carbocycles. The number of anilines is 1. The summed E-state index contributed by atoms with van der Waals surface area (Å²) in [5.41, 5.74) is 3.04. The van der Waals surface area contributed by atoms with E-state index >= 15 is 0 Å². The Labute approximate surface area is 188 Å². The Balaban J connectivity index is 1.34. The highest BCUT2D eigenvalue weighted by Crippen LogP contribution is 2.27. The fourth-order valence-corrected chi connectivity index (χ4v) is 4.38. The summed E-state index contributed by atoms with van der Waals surface area (Å²) in [4.78, 5) is 43.1. The summed E-state index contributed by atoms with van der Waals surface area (Å²) in [6.07, 6.45) is 4.65. The molecule has 1 saturated heterocycles. The van der Waals surface area contributed by atoms with Gasteiger partial charge in [-0.1, -0.05) is 23.7 Å². The summed E-state index contributed by atoms with van der Waals surface area (Å²) in [5.74, 6) is 0.510. The number of aromatic nitrogens is 5. The van der Waals surface area contributed by atoms with Crippen LogP contribution in [0.5, 0.6) is 0 Å². The molecule has 0 amide bonds. The fourth-order valence-electron chi connectivity index (χ4n) is 4.20. The van der Waals surface area contributed by atoms with Gasteiger partial charge in [0.25, 0.3) is 0 Å². The molecule has 0 unspecified atom stereocenters. The first-order valence-electron chi connectivity index (χ1n) is 10.4. The first-order valence-corrected chi connectivity index (χ1v) is 10.8. The molecule has 0 atom stereocenters. The predicted octanol–water partition coefficient (Wildman–Crippen LogP) is 3.55. The number of carbonyl (C=O) groups excluding carboxylic acids is 1. The van der Waals surface area contributed by atoms with Gasteiger partial charge in [-0.3, -0.25) is 14.3 Å². The highest BCUT2D eigenvalue weighted by Gasteiger charge is 2.25. The van der Waals surface area contributed by atoms with Gasteiger partial charge in [0.1, 0.15) is 17.8 Å². The molecule has 9 heteroatoms. The standard InChI is InChI=1S/C23H21ClN6O2/c1-14-4-5-15(11-17(14)24)21(31)18-12-20(27-13-26-18)29-9-6-16(7-10-29)30-19-3-2-8-25-22(19)28-23(30)32/h2-5,8,11-13,16H,6-7,9-10H2,1H3,(H,25,28,32). The quantitative estimate of drug-likeness (QED) is 0.479. The molecule has 1 aliphatic heterocycles. The lowest BCUT2D eigenvalue weighted by Gasteiger charge is -2.33. The topological polar surface area (TPSA) is 96.8 Å². The van der Waals surface area contributed by atoms with E-state index in [0.717, 1.165) is 23.9 Å². The number of fused-ring (bicyclic) bond motifs is 1. The number of aryl methyl sites for hydroxylation is 1. The minimum absolute atomic E-state index is 0.0781. The van der Waals surface area contributed by atoms with Gasteiger partial charge in [-0.15, -0.1) is 0 Å². The van der Waals surface area contributed by atoms with Gasteiger partial charge in [-0.05, 0) is 43.5 Å². The van der Waals surface area contributed by atoms with Crippen LogP contribution in [0.1, 0.15) is 40.5 Å². The van der Waals surface area contributed by atoms with Crippen LogP contribution in [0.4, 0.5) is 5.82 Å². The number of pyridine rings is 1. The zero-order valence-corrected chi connectivity index (χ0v) is 18.2. The lowest BCUT2D eigenvalue weighted by atomic mass is 10.0. The molecule has 0 bridgehead atoms. The van der Waals surface area contributed by atoms with E-state index in [-0.39, 0.29) is 17.5 Å². The normalized spacial score (nSPS) is 14.8. The van der Waals surface area contributed by atoms with Crippen molar-refractivity contribution in [2.24, 2.45) is 0 Å². The van der Waals surface area contributed by atoms with Crippen molar-refractivity contribution in [2.45, 2.75) is 25.8 Å². The lowest BCUT2D eigenvalue weighted by Crippen LogP contribution is -2.37. The number of benzene rings is 1. The number of H-pyrrole nitrogens is 1. The zero-order chi connectivity index (χ0) is 22.2. The van der Waals surface area contributed by atoms with Crippen LogP contribution in [-0.2, 0) is 0 Å². The Morgan fingerprint density at radius 2 is 1.94 bits per heavy atom. The van der Waals surface area contributed by atoms with Crippen molar-refractivity contribution in [3.63, 3.8) is 0 Å². The number of nitrogens with one attached hydrogen (secondary N) is 1. The lowest BCUT2D eigenvalue weighted by molar-refractivity contribution is 0.103. The molecular weight excluding hydrogens is 428 g/mol. The maximum absolute atomic E-state index is 12.9. The third-order valence-corrected chi connectivity index (χ3v) is 6.37. The third kappa shape index (κ3) is 3.67. The molecule has 3 aromatic heterocycles. The number of halogens is 1. The van der Waals surface area contributed by atoms with E-state index < -0.39 is 0 Å².